The molecule has 98 valence electrons. The van der Waals surface area contributed by atoms with Gasteiger partial charge in [0, 0.05) is 6.61 Å². The van der Waals surface area contributed by atoms with Gasteiger partial charge >= 0.3 is 6.89 Å². The number of nitrogens with zero attached hydrogens (tertiary/aromatic N) is 1. The van der Waals surface area contributed by atoms with Gasteiger partial charge in [-0.3, -0.25) is 0 Å². The summed E-state index contributed by atoms with van der Waals surface area (Å²) in [5, 5.41) is 0. The van der Waals surface area contributed by atoms with Gasteiger partial charge in [-0.2, -0.15) is 0 Å². The second-order valence-corrected chi connectivity index (χ2v) is 5.38. The van der Waals surface area contributed by atoms with E-state index in [-0.39, 0.29) is 6.10 Å². The smallest absolute Gasteiger partial charge is 0.481 e. The van der Waals surface area contributed by atoms with Crippen LogP contribution in [0.25, 0.3) is 0 Å². The minimum Gasteiger partial charge on any atom is -0.481 e. The Labute approximate surface area is 103 Å². The molecule has 0 amide bonds. The van der Waals surface area contributed by atoms with Crippen LogP contribution in [0.5, 0.6) is 0 Å². The highest BCUT2D eigenvalue weighted by Gasteiger charge is 2.66. The van der Waals surface area contributed by atoms with Crippen molar-refractivity contribution in [2.24, 2.45) is 0 Å². The normalized spacial score (nSPS) is 43.9. The minimum absolute atomic E-state index is 0.146. The maximum Gasteiger partial charge on any atom is 0.625 e. The number of hydrogen-bond donors (Lipinski definition) is 0. The molecule has 0 aliphatic carbocycles. The van der Waals surface area contributed by atoms with Gasteiger partial charge in [0.1, 0.15) is 0 Å². The first-order chi connectivity index (χ1) is 8.30. The van der Waals surface area contributed by atoms with Crippen molar-refractivity contribution < 1.29 is 23.1 Å². The third kappa shape index (κ3) is 1.83. The van der Waals surface area contributed by atoms with Crippen LogP contribution in [-0.2, 0) is 18.7 Å². The highest BCUT2D eigenvalue weighted by atomic mass is 16.8. The number of unbranched alkanes of at least 4 members (excludes halogenated alkanes) is 1. The van der Waals surface area contributed by atoms with E-state index >= 15 is 0 Å². The van der Waals surface area contributed by atoms with E-state index in [4.69, 9.17) is 18.7 Å². The molecule has 0 N–H and O–H groups in total. The van der Waals surface area contributed by atoms with Crippen LogP contribution in [0, 0.1) is 0 Å². The molecule has 0 spiro atoms. The maximum absolute atomic E-state index is 6.03. The van der Waals surface area contributed by atoms with Gasteiger partial charge in [-0.05, 0) is 6.42 Å². The van der Waals surface area contributed by atoms with Gasteiger partial charge in [0.25, 0.3) is 0 Å². The van der Waals surface area contributed by atoms with Crippen molar-refractivity contribution in [1.82, 2.24) is 0 Å². The molecule has 0 bridgehead atoms. The van der Waals surface area contributed by atoms with E-state index in [1.54, 1.807) is 0 Å². The molecule has 3 saturated heterocycles. The lowest BCUT2D eigenvalue weighted by Gasteiger charge is -2.37. The average molecular weight is 243 g/mol. The Balaban J connectivity index is 1.55. The summed E-state index contributed by atoms with van der Waals surface area (Å²) in [5.41, 5.74) is 0. The molecule has 0 aromatic carbocycles. The zero-order valence-electron chi connectivity index (χ0n) is 10.6. The Kier molecular flexibility index (Phi) is 3.17. The Morgan fingerprint density at radius 3 is 2.71 bits per heavy atom. The van der Waals surface area contributed by atoms with Crippen molar-refractivity contribution in [3.05, 3.63) is 0 Å². The summed E-state index contributed by atoms with van der Waals surface area (Å²) in [7, 11) is 0. The van der Waals surface area contributed by atoms with Crippen LogP contribution in [0.1, 0.15) is 19.8 Å². The Morgan fingerprint density at radius 2 is 2.06 bits per heavy atom. The molecule has 6 heteroatoms. The first-order valence-electron chi connectivity index (χ1n) is 6.83. The fourth-order valence-electron chi connectivity index (χ4n) is 3.32. The van der Waals surface area contributed by atoms with Gasteiger partial charge in [-0.15, -0.1) is 0 Å². The summed E-state index contributed by atoms with van der Waals surface area (Å²) in [5.74, 6) is 0. The van der Waals surface area contributed by atoms with E-state index < -0.39 is 6.89 Å². The maximum atomic E-state index is 6.03. The average Bonchev–Trinajstić information content (AvgIpc) is 2.84. The number of hydrogen-bond acceptors (Lipinski definition) is 4. The van der Waals surface area contributed by atoms with Crippen LogP contribution in [0.15, 0.2) is 0 Å². The zero-order valence-corrected chi connectivity index (χ0v) is 10.6. The molecule has 3 rings (SSSR count). The lowest BCUT2D eigenvalue weighted by atomic mass is 9.94. The summed E-state index contributed by atoms with van der Waals surface area (Å²) in [6.45, 7) is 6.78. The summed E-state index contributed by atoms with van der Waals surface area (Å²) in [6, 6.07) is 0. The van der Waals surface area contributed by atoms with Gasteiger partial charge in [0.2, 0.25) is 0 Å². The van der Waals surface area contributed by atoms with Gasteiger partial charge in [-0.1, -0.05) is 13.3 Å². The van der Waals surface area contributed by atoms with Gasteiger partial charge in [0.15, 0.2) is 0 Å². The molecular formula is C11H22BNO4. The highest BCUT2D eigenvalue weighted by Crippen LogP contribution is 2.41. The highest BCUT2D eigenvalue weighted by molar-refractivity contribution is 6.54. The predicted molar refractivity (Wildman–Crippen MR) is 63.1 cm³/mol. The van der Waals surface area contributed by atoms with Crippen molar-refractivity contribution in [2.45, 2.75) is 25.9 Å². The Morgan fingerprint density at radius 1 is 1.29 bits per heavy atom. The predicted octanol–water partition coefficient (Wildman–Crippen LogP) is 0.515. The van der Waals surface area contributed by atoms with Gasteiger partial charge in [0.05, 0.1) is 45.6 Å². The van der Waals surface area contributed by atoms with E-state index in [9.17, 15) is 0 Å². The second kappa shape index (κ2) is 4.51. The molecule has 5 nitrogen and oxygen atoms in total. The monoisotopic (exact) mass is 243 g/mol. The zero-order chi connectivity index (χ0) is 11.8. The van der Waals surface area contributed by atoms with E-state index in [1.165, 1.54) is 6.42 Å². The quantitative estimate of drug-likeness (QED) is 0.521. The molecule has 3 aliphatic heterocycles. The van der Waals surface area contributed by atoms with E-state index in [0.29, 0.717) is 6.61 Å². The van der Waals surface area contributed by atoms with E-state index in [1.807, 2.05) is 0 Å². The molecular weight excluding hydrogens is 221 g/mol. The van der Waals surface area contributed by atoms with Crippen LogP contribution >= 0.6 is 0 Å². The molecule has 0 radical (unpaired) electrons. The molecule has 0 saturated carbocycles. The molecule has 17 heavy (non-hydrogen) atoms. The minimum atomic E-state index is -1.49. The van der Waals surface area contributed by atoms with Crippen LogP contribution < -0.4 is 0 Å². The third-order valence-corrected chi connectivity index (χ3v) is 4.28. The van der Waals surface area contributed by atoms with E-state index in [2.05, 4.69) is 6.92 Å². The van der Waals surface area contributed by atoms with Crippen LogP contribution in [0.3, 0.4) is 0 Å². The first-order valence-corrected chi connectivity index (χ1v) is 6.83. The molecule has 3 fully saturated rings. The molecule has 0 aromatic rings. The van der Waals surface area contributed by atoms with Crippen molar-refractivity contribution in [3.63, 3.8) is 0 Å². The summed E-state index contributed by atoms with van der Waals surface area (Å²) < 4.78 is 24.1. The largest absolute Gasteiger partial charge is 0.625 e. The topological polar surface area (TPSA) is 36.9 Å². The lowest BCUT2D eigenvalue weighted by Crippen LogP contribution is -2.59. The van der Waals surface area contributed by atoms with Gasteiger partial charge < -0.3 is 23.1 Å². The van der Waals surface area contributed by atoms with E-state index in [0.717, 1.165) is 50.3 Å². The molecule has 3 aliphatic rings. The fourth-order valence-corrected chi connectivity index (χ4v) is 3.32. The lowest BCUT2D eigenvalue weighted by molar-refractivity contribution is -0.816. The standard InChI is InChI=1S/C11H22BNO4/c1-2-3-6-14-10-11-9-13-4-7-15-12(13,17-11)16-8-5-13/h11H,2-10H2,1H3/t11-,12?,13?/m0/s1. The second-order valence-electron chi connectivity index (χ2n) is 5.38. The first kappa shape index (κ1) is 11.9. The molecule has 0 unspecified atom stereocenters. The Bertz CT molecular complexity index is 259. The number of rotatable bonds is 5. The van der Waals surface area contributed by atoms with Crippen LogP contribution in [0.4, 0.5) is 0 Å². The van der Waals surface area contributed by atoms with Crippen molar-refractivity contribution in [3.8, 4) is 0 Å². The van der Waals surface area contributed by atoms with Crippen molar-refractivity contribution in [2.75, 3.05) is 46.1 Å². The van der Waals surface area contributed by atoms with Crippen molar-refractivity contribution in [1.29, 1.82) is 0 Å². The molecule has 0 aromatic heterocycles. The van der Waals surface area contributed by atoms with Crippen LogP contribution in [0.2, 0.25) is 0 Å². The summed E-state index contributed by atoms with van der Waals surface area (Å²) in [4.78, 5) is 0. The SMILES string of the molecule is CCCCOC[C@@H]1C[N+]23CCO[B-]2(OCC3)O1. The summed E-state index contributed by atoms with van der Waals surface area (Å²) >= 11 is 0. The van der Waals surface area contributed by atoms with Crippen LogP contribution in [-0.4, -0.2) is 63.4 Å². The number of quaternary nitrogens is 1. The number of ether oxygens (including phenoxy) is 1. The summed E-state index contributed by atoms with van der Waals surface area (Å²) in [6.07, 6.45) is 2.44. The van der Waals surface area contributed by atoms with Gasteiger partial charge in [-0.25, -0.2) is 0 Å². The fraction of sp³-hybridized carbons (Fsp3) is 1.00. The Hall–Kier alpha value is -0.135. The third-order valence-electron chi connectivity index (χ3n) is 4.28. The molecule has 1 atom stereocenters. The van der Waals surface area contributed by atoms with Crippen molar-refractivity contribution >= 4 is 6.89 Å². The molecule has 3 heterocycles.